The van der Waals surface area contributed by atoms with E-state index < -0.39 is 0 Å². The van der Waals surface area contributed by atoms with Gasteiger partial charge in [0.1, 0.15) is 0 Å². The molecule has 1 aromatic carbocycles. The van der Waals surface area contributed by atoms with Gasteiger partial charge in [-0.25, -0.2) is 0 Å². The maximum absolute atomic E-state index is 9.40. The summed E-state index contributed by atoms with van der Waals surface area (Å²) in [7, 11) is 0. The summed E-state index contributed by atoms with van der Waals surface area (Å²) in [6.07, 6.45) is 0.668. The van der Waals surface area contributed by atoms with Gasteiger partial charge in [-0.1, -0.05) is 29.3 Å². The van der Waals surface area contributed by atoms with Gasteiger partial charge in [0.15, 0.2) is 0 Å². The van der Waals surface area contributed by atoms with E-state index in [0.29, 0.717) is 10.0 Å². The quantitative estimate of drug-likeness (QED) is 0.866. The summed E-state index contributed by atoms with van der Waals surface area (Å²) in [6.45, 7) is 2.45. The first-order valence-electron chi connectivity index (χ1n) is 4.99. The van der Waals surface area contributed by atoms with E-state index in [9.17, 15) is 5.11 Å². The van der Waals surface area contributed by atoms with Crippen molar-refractivity contribution in [2.75, 3.05) is 13.1 Å². The van der Waals surface area contributed by atoms with Crippen LogP contribution in [0.5, 0.6) is 0 Å². The number of rotatable bonds is 2. The third kappa shape index (κ3) is 2.85. The molecule has 0 spiro atoms. The van der Waals surface area contributed by atoms with Crippen LogP contribution >= 0.6 is 23.2 Å². The first kappa shape index (κ1) is 11.2. The second-order valence-electron chi connectivity index (χ2n) is 3.91. The number of likely N-dealkylation sites (tertiary alicyclic amines) is 1. The van der Waals surface area contributed by atoms with Crippen molar-refractivity contribution < 1.29 is 5.11 Å². The van der Waals surface area contributed by atoms with Gasteiger partial charge in [0.25, 0.3) is 0 Å². The highest BCUT2D eigenvalue weighted by atomic mass is 35.5. The van der Waals surface area contributed by atoms with Crippen LogP contribution in [0.25, 0.3) is 0 Å². The molecule has 1 aliphatic rings. The van der Waals surface area contributed by atoms with E-state index in [2.05, 4.69) is 4.90 Å². The highest BCUT2D eigenvalue weighted by Gasteiger charge is 2.20. The Labute approximate surface area is 99.4 Å². The minimum Gasteiger partial charge on any atom is -0.392 e. The lowest BCUT2D eigenvalue weighted by Gasteiger charge is -2.15. The lowest BCUT2D eigenvalue weighted by molar-refractivity contribution is 0.175. The predicted molar refractivity (Wildman–Crippen MR) is 62.4 cm³/mol. The van der Waals surface area contributed by atoms with Crippen LogP contribution in [0.1, 0.15) is 12.0 Å². The lowest BCUT2D eigenvalue weighted by Crippen LogP contribution is -2.21. The van der Waals surface area contributed by atoms with Gasteiger partial charge in [-0.05, 0) is 24.1 Å². The molecule has 4 heteroatoms. The summed E-state index contributed by atoms with van der Waals surface area (Å²) >= 11 is 11.9. The van der Waals surface area contributed by atoms with Crippen molar-refractivity contribution in [3.8, 4) is 0 Å². The van der Waals surface area contributed by atoms with Gasteiger partial charge >= 0.3 is 0 Å². The lowest BCUT2D eigenvalue weighted by atomic mass is 10.2. The standard InChI is InChI=1S/C11H13Cl2NO/c12-9-2-1-8(11(13)5-9)6-14-4-3-10(15)7-14/h1-2,5,10,15H,3-4,6-7H2/t10-/m0/s1. The zero-order chi connectivity index (χ0) is 10.8. The van der Waals surface area contributed by atoms with Gasteiger partial charge in [-0.2, -0.15) is 0 Å². The van der Waals surface area contributed by atoms with E-state index in [0.717, 1.165) is 31.6 Å². The summed E-state index contributed by atoms with van der Waals surface area (Å²) in [6, 6.07) is 5.54. The molecule has 1 atom stereocenters. The van der Waals surface area contributed by atoms with Crippen LogP contribution in [0.2, 0.25) is 10.0 Å². The average Bonchev–Trinajstić information content (AvgIpc) is 2.56. The molecule has 0 bridgehead atoms. The minimum atomic E-state index is -0.184. The Morgan fingerprint density at radius 1 is 1.40 bits per heavy atom. The fourth-order valence-corrected chi connectivity index (χ4v) is 2.31. The Morgan fingerprint density at radius 3 is 2.80 bits per heavy atom. The molecule has 0 aromatic heterocycles. The molecule has 0 saturated carbocycles. The Balaban J connectivity index is 2.04. The Kier molecular flexibility index (Phi) is 3.52. The van der Waals surface area contributed by atoms with Crippen molar-refractivity contribution in [2.45, 2.75) is 19.1 Å². The molecule has 82 valence electrons. The second-order valence-corrected chi connectivity index (χ2v) is 4.76. The molecule has 1 aliphatic heterocycles. The Bertz CT molecular complexity index is 356. The normalized spacial score (nSPS) is 22.2. The fourth-order valence-electron chi connectivity index (χ4n) is 1.85. The van der Waals surface area contributed by atoms with Crippen molar-refractivity contribution in [3.05, 3.63) is 33.8 Å². The molecule has 0 aliphatic carbocycles. The minimum absolute atomic E-state index is 0.184. The highest BCUT2D eigenvalue weighted by molar-refractivity contribution is 6.35. The van der Waals surface area contributed by atoms with Crippen LogP contribution < -0.4 is 0 Å². The monoisotopic (exact) mass is 245 g/mol. The van der Waals surface area contributed by atoms with E-state index in [1.165, 1.54) is 0 Å². The molecule has 1 heterocycles. The maximum atomic E-state index is 9.40. The first-order valence-corrected chi connectivity index (χ1v) is 5.75. The summed E-state index contributed by atoms with van der Waals surface area (Å²) in [5, 5.41) is 10.8. The number of β-amino-alcohol motifs (C(OH)–C–C–N with tert-alkyl or cyclic N) is 1. The molecule has 2 nitrogen and oxygen atoms in total. The Hall–Kier alpha value is -0.280. The molecule has 1 fully saturated rings. The molecule has 15 heavy (non-hydrogen) atoms. The smallest absolute Gasteiger partial charge is 0.0679 e. The van der Waals surface area contributed by atoms with E-state index in [1.807, 2.05) is 12.1 Å². The third-order valence-corrected chi connectivity index (χ3v) is 3.24. The average molecular weight is 246 g/mol. The van der Waals surface area contributed by atoms with Crippen molar-refractivity contribution in [1.29, 1.82) is 0 Å². The van der Waals surface area contributed by atoms with Gasteiger partial charge < -0.3 is 5.11 Å². The Morgan fingerprint density at radius 2 is 2.20 bits per heavy atom. The molecule has 0 radical (unpaired) electrons. The van der Waals surface area contributed by atoms with Gasteiger partial charge in [0, 0.05) is 29.7 Å². The van der Waals surface area contributed by atoms with Gasteiger partial charge in [0.2, 0.25) is 0 Å². The molecule has 0 unspecified atom stereocenters. The van der Waals surface area contributed by atoms with E-state index in [4.69, 9.17) is 23.2 Å². The molecular formula is C11H13Cl2NO. The summed E-state index contributed by atoms with van der Waals surface area (Å²) < 4.78 is 0. The van der Waals surface area contributed by atoms with Crippen molar-refractivity contribution in [3.63, 3.8) is 0 Å². The van der Waals surface area contributed by atoms with Crippen LogP contribution in [0, 0.1) is 0 Å². The summed E-state index contributed by atoms with van der Waals surface area (Å²) in [4.78, 5) is 2.19. The first-order chi connectivity index (χ1) is 7.15. The van der Waals surface area contributed by atoms with Crippen LogP contribution in [-0.4, -0.2) is 29.2 Å². The number of hydrogen-bond acceptors (Lipinski definition) is 2. The zero-order valence-electron chi connectivity index (χ0n) is 8.29. The summed E-state index contributed by atoms with van der Waals surface area (Å²) in [5.74, 6) is 0. The molecule has 1 saturated heterocycles. The molecule has 1 N–H and O–H groups in total. The van der Waals surface area contributed by atoms with E-state index in [1.54, 1.807) is 6.07 Å². The predicted octanol–water partition coefficient (Wildman–Crippen LogP) is 2.56. The number of aliphatic hydroxyl groups excluding tert-OH is 1. The van der Waals surface area contributed by atoms with Crippen molar-refractivity contribution in [2.24, 2.45) is 0 Å². The largest absolute Gasteiger partial charge is 0.392 e. The van der Waals surface area contributed by atoms with Gasteiger partial charge in [-0.3, -0.25) is 4.90 Å². The second kappa shape index (κ2) is 4.71. The molecule has 2 rings (SSSR count). The zero-order valence-corrected chi connectivity index (χ0v) is 9.80. The van der Waals surface area contributed by atoms with E-state index >= 15 is 0 Å². The molecule has 0 amide bonds. The van der Waals surface area contributed by atoms with Crippen LogP contribution in [0.15, 0.2) is 18.2 Å². The number of nitrogens with zero attached hydrogens (tertiary/aromatic N) is 1. The number of benzene rings is 1. The van der Waals surface area contributed by atoms with Crippen LogP contribution in [0.4, 0.5) is 0 Å². The topological polar surface area (TPSA) is 23.5 Å². The third-order valence-electron chi connectivity index (χ3n) is 2.66. The van der Waals surface area contributed by atoms with Crippen molar-refractivity contribution in [1.82, 2.24) is 4.90 Å². The van der Waals surface area contributed by atoms with Gasteiger partial charge in [0.05, 0.1) is 6.10 Å². The number of halogens is 2. The fraction of sp³-hybridized carbons (Fsp3) is 0.455. The van der Waals surface area contributed by atoms with Crippen LogP contribution in [0.3, 0.4) is 0 Å². The van der Waals surface area contributed by atoms with Crippen LogP contribution in [-0.2, 0) is 6.54 Å². The number of aliphatic hydroxyl groups is 1. The molecular weight excluding hydrogens is 233 g/mol. The molecule has 1 aromatic rings. The maximum Gasteiger partial charge on any atom is 0.0679 e. The van der Waals surface area contributed by atoms with E-state index in [-0.39, 0.29) is 6.10 Å². The van der Waals surface area contributed by atoms with Gasteiger partial charge in [-0.15, -0.1) is 0 Å². The van der Waals surface area contributed by atoms with Crippen molar-refractivity contribution >= 4 is 23.2 Å². The SMILES string of the molecule is O[C@H]1CCN(Cc2ccc(Cl)cc2Cl)C1. The highest BCUT2D eigenvalue weighted by Crippen LogP contribution is 2.23. The summed E-state index contributed by atoms with van der Waals surface area (Å²) in [5.41, 5.74) is 1.06. The number of hydrogen-bond donors (Lipinski definition) is 1.